The van der Waals surface area contributed by atoms with Gasteiger partial charge in [0.1, 0.15) is 0 Å². The second-order valence-electron chi connectivity index (χ2n) is 5.29. The molecule has 96 valence electrons. The first-order valence-electron chi connectivity index (χ1n) is 6.38. The van der Waals surface area contributed by atoms with Crippen molar-refractivity contribution in [2.24, 2.45) is 11.8 Å². The number of aliphatic hydroxyl groups is 1. The first kappa shape index (κ1) is 12.2. The molecule has 1 saturated heterocycles. The van der Waals surface area contributed by atoms with Crippen LogP contribution in [0.25, 0.3) is 0 Å². The van der Waals surface area contributed by atoms with Gasteiger partial charge in [-0.15, -0.1) is 0 Å². The molecule has 1 aliphatic heterocycles. The van der Waals surface area contributed by atoms with Crippen molar-refractivity contribution in [3.63, 3.8) is 0 Å². The van der Waals surface area contributed by atoms with Gasteiger partial charge in [-0.25, -0.2) is 0 Å². The van der Waals surface area contributed by atoms with Crippen molar-refractivity contribution in [2.45, 2.75) is 18.9 Å². The third-order valence-corrected chi connectivity index (χ3v) is 4.73. The van der Waals surface area contributed by atoms with Gasteiger partial charge in [-0.1, -0.05) is 15.9 Å². The second kappa shape index (κ2) is 4.67. The van der Waals surface area contributed by atoms with Crippen molar-refractivity contribution >= 4 is 21.8 Å². The highest BCUT2D eigenvalue weighted by Crippen LogP contribution is 2.38. The van der Waals surface area contributed by atoms with Gasteiger partial charge in [-0.2, -0.15) is 0 Å². The first-order chi connectivity index (χ1) is 8.65. The average molecular weight is 310 g/mol. The molecular weight excluding hydrogens is 294 g/mol. The van der Waals surface area contributed by atoms with Gasteiger partial charge >= 0.3 is 0 Å². The standard InChI is InChI=1S/C14H16BrNO2/c15-11-4-1-9(2-5-11)14(18)16-7-10-3-6-13(17)12(10)8-16/h1-2,4-5,10,12-13,17H,3,6-8H2. The molecule has 1 aromatic rings. The number of carbonyl (C=O) groups excluding carboxylic acids is 1. The predicted octanol–water partition coefficient (Wildman–Crippen LogP) is 2.29. The van der Waals surface area contributed by atoms with E-state index in [1.54, 1.807) is 0 Å². The van der Waals surface area contributed by atoms with E-state index in [9.17, 15) is 9.90 Å². The Labute approximate surface area is 115 Å². The van der Waals surface area contributed by atoms with Crippen molar-refractivity contribution in [3.05, 3.63) is 34.3 Å². The van der Waals surface area contributed by atoms with Crippen LogP contribution < -0.4 is 0 Å². The average Bonchev–Trinajstić information content (AvgIpc) is 2.92. The number of hydrogen-bond acceptors (Lipinski definition) is 2. The number of aliphatic hydroxyl groups excluding tert-OH is 1. The SMILES string of the molecule is O=C(c1ccc(Br)cc1)N1CC2CCC(O)C2C1. The summed E-state index contributed by atoms with van der Waals surface area (Å²) < 4.78 is 0.979. The van der Waals surface area contributed by atoms with Crippen LogP contribution in [0.1, 0.15) is 23.2 Å². The van der Waals surface area contributed by atoms with Crippen molar-refractivity contribution in [1.82, 2.24) is 4.90 Å². The van der Waals surface area contributed by atoms with Crippen molar-refractivity contribution in [2.75, 3.05) is 13.1 Å². The summed E-state index contributed by atoms with van der Waals surface area (Å²) in [5, 5.41) is 9.86. The zero-order valence-corrected chi connectivity index (χ0v) is 11.6. The normalized spacial score (nSPS) is 30.6. The highest BCUT2D eigenvalue weighted by molar-refractivity contribution is 9.10. The molecule has 2 aliphatic rings. The molecule has 18 heavy (non-hydrogen) atoms. The summed E-state index contributed by atoms with van der Waals surface area (Å²) in [4.78, 5) is 14.2. The molecule has 0 spiro atoms. The van der Waals surface area contributed by atoms with E-state index in [1.807, 2.05) is 29.2 Å². The van der Waals surface area contributed by atoms with Gasteiger partial charge in [0.15, 0.2) is 0 Å². The number of likely N-dealkylation sites (tertiary alicyclic amines) is 1. The predicted molar refractivity (Wildman–Crippen MR) is 72.3 cm³/mol. The molecule has 0 bridgehead atoms. The number of fused-ring (bicyclic) bond motifs is 1. The lowest BCUT2D eigenvalue weighted by molar-refractivity contribution is 0.0752. The molecule has 1 amide bonds. The number of amides is 1. The molecule has 1 N–H and O–H groups in total. The lowest BCUT2D eigenvalue weighted by Gasteiger charge is -2.18. The fourth-order valence-corrected chi connectivity index (χ4v) is 3.44. The smallest absolute Gasteiger partial charge is 0.253 e. The summed E-state index contributed by atoms with van der Waals surface area (Å²) in [6, 6.07) is 7.46. The van der Waals surface area contributed by atoms with E-state index < -0.39 is 0 Å². The summed E-state index contributed by atoms with van der Waals surface area (Å²) in [5.74, 6) is 0.882. The molecule has 4 heteroatoms. The zero-order chi connectivity index (χ0) is 12.7. The molecule has 0 aromatic heterocycles. The van der Waals surface area contributed by atoms with Crippen LogP contribution in [0.2, 0.25) is 0 Å². The largest absolute Gasteiger partial charge is 0.393 e. The van der Waals surface area contributed by atoms with Crippen LogP contribution in [0.5, 0.6) is 0 Å². The lowest BCUT2D eigenvalue weighted by atomic mass is 10.00. The van der Waals surface area contributed by atoms with Gasteiger partial charge < -0.3 is 10.0 Å². The number of benzene rings is 1. The Balaban J connectivity index is 1.73. The van der Waals surface area contributed by atoms with Crippen LogP contribution in [0, 0.1) is 11.8 Å². The summed E-state index contributed by atoms with van der Waals surface area (Å²) in [5.41, 5.74) is 0.729. The monoisotopic (exact) mass is 309 g/mol. The molecule has 1 aliphatic carbocycles. The Bertz CT molecular complexity index is 459. The fourth-order valence-electron chi connectivity index (χ4n) is 3.18. The second-order valence-corrected chi connectivity index (χ2v) is 6.20. The molecule has 1 saturated carbocycles. The minimum absolute atomic E-state index is 0.0871. The van der Waals surface area contributed by atoms with Gasteiger partial charge in [-0.3, -0.25) is 4.79 Å². The van der Waals surface area contributed by atoms with Crippen molar-refractivity contribution in [1.29, 1.82) is 0 Å². The van der Waals surface area contributed by atoms with Gasteiger partial charge in [0.25, 0.3) is 5.91 Å². The Morgan fingerprint density at radius 1 is 1.22 bits per heavy atom. The summed E-state index contributed by atoms with van der Waals surface area (Å²) in [6.07, 6.45) is 1.74. The van der Waals surface area contributed by atoms with Crippen LogP contribution in [-0.2, 0) is 0 Å². The number of halogens is 1. The Kier molecular flexibility index (Phi) is 3.16. The third kappa shape index (κ3) is 2.08. The van der Waals surface area contributed by atoms with Crippen LogP contribution in [0.3, 0.4) is 0 Å². The van der Waals surface area contributed by atoms with Gasteiger partial charge in [0.05, 0.1) is 6.10 Å². The Morgan fingerprint density at radius 3 is 2.61 bits per heavy atom. The molecule has 3 atom stereocenters. The maximum Gasteiger partial charge on any atom is 0.253 e. The maximum atomic E-state index is 12.3. The van der Waals surface area contributed by atoms with Crippen molar-refractivity contribution in [3.8, 4) is 0 Å². The quantitative estimate of drug-likeness (QED) is 0.864. The lowest BCUT2D eigenvalue weighted by Crippen LogP contribution is -2.30. The van der Waals surface area contributed by atoms with E-state index in [-0.39, 0.29) is 12.0 Å². The molecule has 3 rings (SSSR count). The van der Waals surface area contributed by atoms with E-state index in [2.05, 4.69) is 15.9 Å². The van der Waals surface area contributed by atoms with Crippen LogP contribution >= 0.6 is 15.9 Å². The van der Waals surface area contributed by atoms with E-state index in [1.165, 1.54) is 0 Å². The number of hydrogen-bond donors (Lipinski definition) is 1. The molecule has 2 fully saturated rings. The molecule has 1 heterocycles. The number of nitrogens with zero attached hydrogens (tertiary/aromatic N) is 1. The van der Waals surface area contributed by atoms with Crippen molar-refractivity contribution < 1.29 is 9.90 Å². The summed E-state index contributed by atoms with van der Waals surface area (Å²) in [7, 11) is 0. The minimum atomic E-state index is -0.210. The minimum Gasteiger partial charge on any atom is -0.393 e. The van der Waals surface area contributed by atoms with Gasteiger partial charge in [0.2, 0.25) is 0 Å². The van der Waals surface area contributed by atoms with E-state index in [0.29, 0.717) is 18.4 Å². The van der Waals surface area contributed by atoms with E-state index in [4.69, 9.17) is 0 Å². The number of carbonyl (C=O) groups is 1. The van der Waals surface area contributed by atoms with Gasteiger partial charge in [-0.05, 0) is 43.0 Å². The van der Waals surface area contributed by atoms with Crippen LogP contribution in [0.4, 0.5) is 0 Å². The van der Waals surface area contributed by atoms with E-state index >= 15 is 0 Å². The molecule has 3 nitrogen and oxygen atoms in total. The molecular formula is C14H16BrNO2. The third-order valence-electron chi connectivity index (χ3n) is 4.20. The maximum absolute atomic E-state index is 12.3. The first-order valence-corrected chi connectivity index (χ1v) is 7.17. The zero-order valence-electron chi connectivity index (χ0n) is 10.1. The summed E-state index contributed by atoms with van der Waals surface area (Å²) >= 11 is 3.37. The van der Waals surface area contributed by atoms with E-state index in [0.717, 1.165) is 29.4 Å². The molecule has 0 radical (unpaired) electrons. The Morgan fingerprint density at radius 2 is 1.94 bits per heavy atom. The summed E-state index contributed by atoms with van der Waals surface area (Å²) in [6.45, 7) is 1.51. The highest BCUT2D eigenvalue weighted by Gasteiger charge is 2.43. The topological polar surface area (TPSA) is 40.5 Å². The van der Waals surface area contributed by atoms with Gasteiger partial charge in [0, 0.05) is 29.0 Å². The molecule has 3 unspecified atom stereocenters. The van der Waals surface area contributed by atoms with Crippen LogP contribution in [-0.4, -0.2) is 35.1 Å². The molecule has 1 aromatic carbocycles. The van der Waals surface area contributed by atoms with Crippen LogP contribution in [0.15, 0.2) is 28.7 Å². The Hall–Kier alpha value is -0.870. The highest BCUT2D eigenvalue weighted by atomic mass is 79.9. The fraction of sp³-hybridized carbons (Fsp3) is 0.500. The number of rotatable bonds is 1.